The number of piperidine rings is 1. The highest BCUT2D eigenvalue weighted by atomic mass is 79.9. The molecule has 0 unspecified atom stereocenters. The third kappa shape index (κ3) is 2.20. The molecule has 2 N–H and O–H groups in total. The Morgan fingerprint density at radius 3 is 2.89 bits per heavy atom. The molecular weight excluding hydrogens is 298 g/mol. The third-order valence-corrected chi connectivity index (χ3v) is 3.83. The fraction of sp³-hybridized carbons (Fsp3) is 0.583. The SMILES string of the molecule is Nc1cc(Br)cnc1N1CCCC2(C1)OCCO2. The second kappa shape index (κ2) is 4.68. The fourth-order valence-electron chi connectivity index (χ4n) is 2.61. The van der Waals surface area contributed by atoms with Crippen LogP contribution in [0.3, 0.4) is 0 Å². The van der Waals surface area contributed by atoms with Crippen LogP contribution in [-0.2, 0) is 9.47 Å². The Labute approximate surface area is 114 Å². The van der Waals surface area contributed by atoms with Crippen molar-refractivity contribution in [3.63, 3.8) is 0 Å². The average Bonchev–Trinajstić information content (AvgIpc) is 2.77. The lowest BCUT2D eigenvalue weighted by Crippen LogP contribution is -2.49. The van der Waals surface area contributed by atoms with Gasteiger partial charge in [0.2, 0.25) is 0 Å². The maximum atomic E-state index is 6.02. The van der Waals surface area contributed by atoms with Crippen LogP contribution in [0.25, 0.3) is 0 Å². The summed E-state index contributed by atoms with van der Waals surface area (Å²) in [4.78, 5) is 6.55. The zero-order valence-corrected chi connectivity index (χ0v) is 11.6. The minimum absolute atomic E-state index is 0.445. The zero-order valence-electron chi connectivity index (χ0n) is 10.1. The molecule has 0 bridgehead atoms. The van der Waals surface area contributed by atoms with Crippen molar-refractivity contribution in [2.24, 2.45) is 0 Å². The number of nitrogen functional groups attached to an aromatic ring is 1. The molecule has 5 nitrogen and oxygen atoms in total. The van der Waals surface area contributed by atoms with Gasteiger partial charge in [0, 0.05) is 23.6 Å². The highest BCUT2D eigenvalue weighted by molar-refractivity contribution is 9.10. The van der Waals surface area contributed by atoms with Crippen LogP contribution in [0.5, 0.6) is 0 Å². The molecule has 6 heteroatoms. The molecule has 2 aliphatic rings. The van der Waals surface area contributed by atoms with Gasteiger partial charge in [0.05, 0.1) is 25.4 Å². The first kappa shape index (κ1) is 12.2. The van der Waals surface area contributed by atoms with Gasteiger partial charge < -0.3 is 20.1 Å². The van der Waals surface area contributed by atoms with Crippen molar-refractivity contribution in [3.05, 3.63) is 16.7 Å². The highest BCUT2D eigenvalue weighted by Gasteiger charge is 2.41. The van der Waals surface area contributed by atoms with E-state index in [9.17, 15) is 0 Å². The number of anilines is 2. The molecule has 0 amide bonds. The van der Waals surface area contributed by atoms with Crippen LogP contribution in [0, 0.1) is 0 Å². The molecule has 2 aliphatic heterocycles. The molecule has 0 radical (unpaired) electrons. The number of hydrogen-bond acceptors (Lipinski definition) is 5. The summed E-state index contributed by atoms with van der Waals surface area (Å²) >= 11 is 3.37. The van der Waals surface area contributed by atoms with Crippen LogP contribution in [0.15, 0.2) is 16.7 Å². The molecule has 2 saturated heterocycles. The molecule has 1 aromatic heterocycles. The lowest BCUT2D eigenvalue weighted by atomic mass is 10.0. The molecule has 0 saturated carbocycles. The molecule has 1 aromatic rings. The summed E-state index contributed by atoms with van der Waals surface area (Å²) in [5, 5.41) is 0. The van der Waals surface area contributed by atoms with Crippen LogP contribution in [0.1, 0.15) is 12.8 Å². The average molecular weight is 314 g/mol. The van der Waals surface area contributed by atoms with Gasteiger partial charge in [0.15, 0.2) is 11.6 Å². The minimum Gasteiger partial charge on any atom is -0.396 e. The lowest BCUT2D eigenvalue weighted by Gasteiger charge is -2.39. The number of halogens is 1. The normalized spacial score (nSPS) is 22.6. The summed E-state index contributed by atoms with van der Waals surface area (Å²) in [5.74, 6) is 0.371. The van der Waals surface area contributed by atoms with Gasteiger partial charge in [-0.15, -0.1) is 0 Å². The van der Waals surface area contributed by atoms with Gasteiger partial charge >= 0.3 is 0 Å². The molecule has 1 spiro atoms. The smallest absolute Gasteiger partial charge is 0.186 e. The molecule has 3 heterocycles. The third-order valence-electron chi connectivity index (χ3n) is 3.39. The Balaban J connectivity index is 1.83. The van der Waals surface area contributed by atoms with Crippen molar-refractivity contribution in [2.45, 2.75) is 18.6 Å². The monoisotopic (exact) mass is 313 g/mol. The predicted molar refractivity (Wildman–Crippen MR) is 72.4 cm³/mol. The second-order valence-corrected chi connectivity index (χ2v) is 5.61. The van der Waals surface area contributed by atoms with Crippen LogP contribution in [-0.4, -0.2) is 37.1 Å². The fourth-order valence-corrected chi connectivity index (χ4v) is 2.96. The Morgan fingerprint density at radius 2 is 2.17 bits per heavy atom. The van der Waals surface area contributed by atoms with Crippen molar-refractivity contribution >= 4 is 27.4 Å². The van der Waals surface area contributed by atoms with E-state index in [0.717, 1.165) is 29.7 Å². The van der Waals surface area contributed by atoms with E-state index in [2.05, 4.69) is 25.8 Å². The number of aromatic nitrogens is 1. The van der Waals surface area contributed by atoms with E-state index in [1.165, 1.54) is 0 Å². The van der Waals surface area contributed by atoms with E-state index in [4.69, 9.17) is 15.2 Å². The van der Waals surface area contributed by atoms with Crippen molar-refractivity contribution in [1.82, 2.24) is 4.98 Å². The van der Waals surface area contributed by atoms with Crippen LogP contribution >= 0.6 is 15.9 Å². The van der Waals surface area contributed by atoms with Gasteiger partial charge in [0.1, 0.15) is 0 Å². The van der Waals surface area contributed by atoms with Crippen LogP contribution in [0.2, 0.25) is 0 Å². The first-order valence-electron chi connectivity index (χ1n) is 6.12. The topological polar surface area (TPSA) is 60.6 Å². The van der Waals surface area contributed by atoms with Gasteiger partial charge in [-0.1, -0.05) is 0 Å². The van der Waals surface area contributed by atoms with Gasteiger partial charge in [-0.05, 0) is 28.4 Å². The summed E-state index contributed by atoms with van der Waals surface area (Å²) in [6.07, 6.45) is 3.74. The molecule has 2 fully saturated rings. The summed E-state index contributed by atoms with van der Waals surface area (Å²) in [6.45, 7) is 2.99. The number of ether oxygens (including phenoxy) is 2. The van der Waals surface area contributed by atoms with Gasteiger partial charge in [-0.25, -0.2) is 4.98 Å². The van der Waals surface area contributed by atoms with E-state index >= 15 is 0 Å². The van der Waals surface area contributed by atoms with Crippen molar-refractivity contribution in [1.29, 1.82) is 0 Å². The standard InChI is InChI=1S/C12H16BrN3O2/c13-9-6-10(14)11(15-7-9)16-3-1-2-12(8-16)17-4-5-18-12/h6-7H,1-5,8,14H2. The molecular formula is C12H16BrN3O2. The van der Waals surface area contributed by atoms with Crippen molar-refractivity contribution in [2.75, 3.05) is 36.9 Å². The lowest BCUT2D eigenvalue weighted by molar-refractivity contribution is -0.161. The Morgan fingerprint density at radius 1 is 1.39 bits per heavy atom. The van der Waals surface area contributed by atoms with E-state index in [1.807, 2.05) is 6.07 Å². The maximum absolute atomic E-state index is 6.02. The quantitative estimate of drug-likeness (QED) is 0.856. The first-order chi connectivity index (χ1) is 8.69. The van der Waals surface area contributed by atoms with Gasteiger partial charge in [-0.2, -0.15) is 0 Å². The second-order valence-electron chi connectivity index (χ2n) is 4.70. The van der Waals surface area contributed by atoms with E-state index in [1.54, 1.807) is 6.20 Å². The number of rotatable bonds is 1. The summed E-state index contributed by atoms with van der Waals surface area (Å²) in [7, 11) is 0. The minimum atomic E-state index is -0.445. The number of pyridine rings is 1. The molecule has 98 valence electrons. The Hall–Kier alpha value is -0.850. The highest BCUT2D eigenvalue weighted by Crippen LogP contribution is 2.34. The van der Waals surface area contributed by atoms with Crippen LogP contribution < -0.4 is 10.6 Å². The molecule has 18 heavy (non-hydrogen) atoms. The van der Waals surface area contributed by atoms with Gasteiger partial charge in [-0.3, -0.25) is 0 Å². The number of nitrogens with two attached hydrogens (primary N) is 1. The maximum Gasteiger partial charge on any atom is 0.186 e. The first-order valence-corrected chi connectivity index (χ1v) is 6.92. The molecule has 3 rings (SSSR count). The van der Waals surface area contributed by atoms with Crippen molar-refractivity contribution in [3.8, 4) is 0 Å². The number of nitrogens with zero attached hydrogens (tertiary/aromatic N) is 2. The molecule has 0 aromatic carbocycles. The molecule has 0 atom stereocenters. The number of hydrogen-bond donors (Lipinski definition) is 1. The van der Waals surface area contributed by atoms with E-state index in [0.29, 0.717) is 25.4 Å². The van der Waals surface area contributed by atoms with Gasteiger partial charge in [0.25, 0.3) is 0 Å². The largest absolute Gasteiger partial charge is 0.396 e. The van der Waals surface area contributed by atoms with E-state index in [-0.39, 0.29) is 0 Å². The van der Waals surface area contributed by atoms with Crippen LogP contribution in [0.4, 0.5) is 11.5 Å². The van der Waals surface area contributed by atoms with E-state index < -0.39 is 5.79 Å². The molecule has 0 aliphatic carbocycles. The van der Waals surface area contributed by atoms with Crippen molar-refractivity contribution < 1.29 is 9.47 Å². The summed E-state index contributed by atoms with van der Waals surface area (Å²) < 4.78 is 12.4. The summed E-state index contributed by atoms with van der Waals surface area (Å²) in [6, 6.07) is 1.87. The zero-order chi connectivity index (χ0) is 12.6. The Bertz CT molecular complexity index is 449. The summed E-state index contributed by atoms with van der Waals surface area (Å²) in [5.41, 5.74) is 6.70. The Kier molecular flexibility index (Phi) is 3.17. The predicted octanol–water partition coefficient (Wildman–Crippen LogP) is 1.77.